The Morgan fingerprint density at radius 1 is 1.50 bits per heavy atom. The molecule has 0 saturated carbocycles. The summed E-state index contributed by atoms with van der Waals surface area (Å²) in [6.45, 7) is 6.08. The molecule has 0 aromatic carbocycles. The molecule has 0 aliphatic carbocycles. The van der Waals surface area contributed by atoms with Gasteiger partial charge in [0, 0.05) is 11.8 Å². The highest BCUT2D eigenvalue weighted by Gasteiger charge is 2.47. The van der Waals surface area contributed by atoms with Gasteiger partial charge in [-0.3, -0.25) is 9.88 Å². The largest absolute Gasteiger partial charge is 0.444 e. The van der Waals surface area contributed by atoms with Crippen molar-refractivity contribution >= 4 is 6.09 Å². The van der Waals surface area contributed by atoms with E-state index < -0.39 is 30.2 Å². The first kappa shape index (κ1) is 14.7. The fraction of sp³-hybridized carbons (Fsp3) is 0.571. The Bertz CT molecular complexity index is 526. The number of rotatable bonds is 0. The summed E-state index contributed by atoms with van der Waals surface area (Å²) in [6.07, 6.45) is 0.599. The Hall–Kier alpha value is -1.72. The quantitative estimate of drug-likeness (QED) is 0.732. The number of halogens is 2. The van der Waals surface area contributed by atoms with Crippen LogP contribution in [0.4, 0.5) is 13.6 Å². The maximum Gasteiger partial charge on any atom is 0.411 e. The highest BCUT2D eigenvalue weighted by molar-refractivity contribution is 5.69. The SMILES string of the molecule is CC1c2cccnc2C(F)(F)CN1C(=O)OC(C)(C)C. The average molecular weight is 284 g/mol. The fourth-order valence-corrected chi connectivity index (χ4v) is 2.20. The van der Waals surface area contributed by atoms with Crippen LogP contribution in [0, 0.1) is 0 Å². The van der Waals surface area contributed by atoms with E-state index in [9.17, 15) is 13.6 Å². The summed E-state index contributed by atoms with van der Waals surface area (Å²) in [7, 11) is 0. The van der Waals surface area contributed by atoms with E-state index in [0.717, 1.165) is 4.90 Å². The van der Waals surface area contributed by atoms with E-state index >= 15 is 0 Å². The number of amides is 1. The van der Waals surface area contributed by atoms with Gasteiger partial charge in [-0.15, -0.1) is 0 Å². The molecule has 0 fully saturated rings. The van der Waals surface area contributed by atoms with Crippen molar-refractivity contribution in [3.63, 3.8) is 0 Å². The molecule has 1 unspecified atom stereocenters. The monoisotopic (exact) mass is 284 g/mol. The molecule has 1 aliphatic rings. The molecule has 0 radical (unpaired) electrons. The van der Waals surface area contributed by atoms with E-state index in [4.69, 9.17) is 4.74 Å². The Kier molecular flexibility index (Phi) is 3.44. The second kappa shape index (κ2) is 4.68. The smallest absolute Gasteiger partial charge is 0.411 e. The summed E-state index contributed by atoms with van der Waals surface area (Å²) in [5.74, 6) is -3.17. The van der Waals surface area contributed by atoms with Crippen molar-refractivity contribution < 1.29 is 18.3 Å². The Morgan fingerprint density at radius 3 is 2.75 bits per heavy atom. The van der Waals surface area contributed by atoms with Gasteiger partial charge in [-0.2, -0.15) is 8.78 Å². The molecule has 4 nitrogen and oxygen atoms in total. The molecule has 2 heterocycles. The van der Waals surface area contributed by atoms with Gasteiger partial charge < -0.3 is 4.74 Å². The van der Waals surface area contributed by atoms with Gasteiger partial charge in [0.25, 0.3) is 0 Å². The van der Waals surface area contributed by atoms with Gasteiger partial charge >= 0.3 is 12.0 Å². The molecule has 1 amide bonds. The van der Waals surface area contributed by atoms with Gasteiger partial charge in [-0.05, 0) is 33.8 Å². The normalized spacial score (nSPS) is 21.3. The van der Waals surface area contributed by atoms with Crippen molar-refractivity contribution in [3.05, 3.63) is 29.6 Å². The zero-order chi connectivity index (χ0) is 15.1. The van der Waals surface area contributed by atoms with Crippen molar-refractivity contribution in [3.8, 4) is 0 Å². The van der Waals surface area contributed by atoms with Gasteiger partial charge in [0.05, 0.1) is 12.6 Å². The number of ether oxygens (including phenoxy) is 1. The first-order valence-corrected chi connectivity index (χ1v) is 6.45. The van der Waals surface area contributed by atoms with E-state index in [0.29, 0.717) is 5.56 Å². The number of hydrogen-bond acceptors (Lipinski definition) is 3. The number of pyridine rings is 1. The summed E-state index contributed by atoms with van der Waals surface area (Å²) in [5, 5.41) is 0. The standard InChI is InChI=1S/C14H18F2N2O2/c1-9-10-6-5-7-17-11(10)14(15,16)8-18(9)12(19)20-13(2,3)4/h5-7,9H,8H2,1-4H3. The number of carbonyl (C=O) groups excluding carboxylic acids is 1. The van der Waals surface area contributed by atoms with E-state index in [2.05, 4.69) is 4.98 Å². The number of carbonyl (C=O) groups is 1. The number of aromatic nitrogens is 1. The minimum absolute atomic E-state index is 0.257. The lowest BCUT2D eigenvalue weighted by atomic mass is 9.96. The average Bonchev–Trinajstić information content (AvgIpc) is 2.32. The molecule has 6 heteroatoms. The molecule has 1 atom stereocenters. The van der Waals surface area contributed by atoms with Crippen molar-refractivity contribution in [2.45, 2.75) is 45.3 Å². The lowest BCUT2D eigenvalue weighted by Crippen LogP contribution is -2.48. The molecule has 20 heavy (non-hydrogen) atoms. The zero-order valence-corrected chi connectivity index (χ0v) is 12.0. The predicted octanol–water partition coefficient (Wildman–Crippen LogP) is 3.49. The van der Waals surface area contributed by atoms with E-state index in [1.807, 2.05) is 0 Å². The molecule has 1 aromatic rings. The van der Waals surface area contributed by atoms with Crippen LogP contribution in [0.1, 0.15) is 45.0 Å². The van der Waals surface area contributed by atoms with Gasteiger partial charge in [0.2, 0.25) is 0 Å². The number of fused-ring (bicyclic) bond motifs is 1. The third-order valence-corrected chi connectivity index (χ3v) is 3.10. The molecular formula is C14H18F2N2O2. The van der Waals surface area contributed by atoms with Gasteiger partial charge in [0.1, 0.15) is 11.3 Å². The van der Waals surface area contributed by atoms with Crippen LogP contribution in [0.3, 0.4) is 0 Å². The number of nitrogens with zero attached hydrogens (tertiary/aromatic N) is 2. The predicted molar refractivity (Wildman–Crippen MR) is 69.5 cm³/mol. The summed E-state index contributed by atoms with van der Waals surface area (Å²) in [4.78, 5) is 16.9. The first-order valence-electron chi connectivity index (χ1n) is 6.45. The maximum absolute atomic E-state index is 14.1. The highest BCUT2D eigenvalue weighted by Crippen LogP contribution is 2.40. The third-order valence-electron chi connectivity index (χ3n) is 3.10. The van der Waals surface area contributed by atoms with Crippen LogP contribution in [-0.2, 0) is 10.7 Å². The molecule has 110 valence electrons. The van der Waals surface area contributed by atoms with Gasteiger partial charge in [0.15, 0.2) is 0 Å². The molecule has 0 N–H and O–H groups in total. The summed E-state index contributed by atoms with van der Waals surface area (Å²) >= 11 is 0. The van der Waals surface area contributed by atoms with Crippen LogP contribution in [0.5, 0.6) is 0 Å². The van der Waals surface area contributed by atoms with Crippen LogP contribution >= 0.6 is 0 Å². The molecule has 0 saturated heterocycles. The van der Waals surface area contributed by atoms with Crippen molar-refractivity contribution in [2.24, 2.45) is 0 Å². The van der Waals surface area contributed by atoms with Crippen molar-refractivity contribution in [2.75, 3.05) is 6.54 Å². The van der Waals surface area contributed by atoms with E-state index in [1.165, 1.54) is 6.20 Å². The Morgan fingerprint density at radius 2 is 2.15 bits per heavy atom. The van der Waals surface area contributed by atoms with E-state index in [-0.39, 0.29) is 5.69 Å². The Labute approximate surface area is 116 Å². The molecule has 0 spiro atoms. The molecule has 1 aromatic heterocycles. The van der Waals surface area contributed by atoms with Crippen LogP contribution in [0.25, 0.3) is 0 Å². The van der Waals surface area contributed by atoms with Crippen molar-refractivity contribution in [1.29, 1.82) is 0 Å². The van der Waals surface area contributed by atoms with Crippen LogP contribution in [0.15, 0.2) is 18.3 Å². The van der Waals surface area contributed by atoms with Crippen LogP contribution in [-0.4, -0.2) is 28.1 Å². The zero-order valence-electron chi connectivity index (χ0n) is 12.0. The maximum atomic E-state index is 14.1. The number of hydrogen-bond donors (Lipinski definition) is 0. The summed E-state index contributed by atoms with van der Waals surface area (Å²) in [5.41, 5.74) is -0.622. The van der Waals surface area contributed by atoms with Crippen LogP contribution in [0.2, 0.25) is 0 Å². The molecule has 0 bridgehead atoms. The van der Waals surface area contributed by atoms with Crippen molar-refractivity contribution in [1.82, 2.24) is 9.88 Å². The third kappa shape index (κ3) is 2.73. The summed E-state index contributed by atoms with van der Waals surface area (Å²) in [6, 6.07) is 2.66. The minimum atomic E-state index is -3.17. The summed E-state index contributed by atoms with van der Waals surface area (Å²) < 4.78 is 33.4. The second-order valence-corrected chi connectivity index (χ2v) is 5.93. The number of alkyl halides is 2. The topological polar surface area (TPSA) is 42.4 Å². The first-order chi connectivity index (χ1) is 9.12. The molecular weight excluding hydrogens is 266 g/mol. The Balaban J connectivity index is 2.34. The van der Waals surface area contributed by atoms with Gasteiger partial charge in [-0.1, -0.05) is 6.07 Å². The fourth-order valence-electron chi connectivity index (χ4n) is 2.20. The van der Waals surface area contributed by atoms with Gasteiger partial charge in [-0.25, -0.2) is 4.79 Å². The molecule has 1 aliphatic heterocycles. The highest BCUT2D eigenvalue weighted by atomic mass is 19.3. The van der Waals surface area contributed by atoms with Crippen LogP contribution < -0.4 is 0 Å². The second-order valence-electron chi connectivity index (χ2n) is 5.93. The molecule has 2 rings (SSSR count). The minimum Gasteiger partial charge on any atom is -0.444 e. The lowest BCUT2D eigenvalue weighted by molar-refractivity contribution is -0.0707. The lowest BCUT2D eigenvalue weighted by Gasteiger charge is -2.39. The van der Waals surface area contributed by atoms with E-state index in [1.54, 1.807) is 39.8 Å².